The molecule has 2 rings (SSSR count). The van der Waals surface area contributed by atoms with Crippen LogP contribution in [0.25, 0.3) is 12.2 Å². The Labute approximate surface area is 134 Å². The fourth-order valence-corrected chi connectivity index (χ4v) is 2.43. The van der Waals surface area contributed by atoms with Gasteiger partial charge in [0.05, 0.1) is 0 Å². The Morgan fingerprint density at radius 3 is 2.29 bits per heavy atom. The minimum atomic E-state index is 0. The van der Waals surface area contributed by atoms with Crippen LogP contribution in [0.2, 0.25) is 0 Å². The predicted octanol–water partition coefficient (Wildman–Crippen LogP) is 4.79. The molecule has 2 aromatic rings. The summed E-state index contributed by atoms with van der Waals surface area (Å²) < 4.78 is 0. The summed E-state index contributed by atoms with van der Waals surface area (Å²) >= 11 is 0. The molecular formula is C19H24ClN. The van der Waals surface area contributed by atoms with Gasteiger partial charge in [0.25, 0.3) is 0 Å². The van der Waals surface area contributed by atoms with Gasteiger partial charge in [-0.2, -0.15) is 0 Å². The Bertz CT molecular complexity index is 582. The van der Waals surface area contributed by atoms with E-state index in [0.717, 1.165) is 19.4 Å². The molecule has 21 heavy (non-hydrogen) atoms. The van der Waals surface area contributed by atoms with E-state index < -0.39 is 0 Å². The lowest BCUT2D eigenvalue weighted by molar-refractivity contribution is 0.832. The normalized spacial score (nSPS) is 10.6. The topological polar surface area (TPSA) is 26.0 Å². The third-order valence-electron chi connectivity index (χ3n) is 3.61. The summed E-state index contributed by atoms with van der Waals surface area (Å²) in [6, 6.07) is 15.1. The Hall–Kier alpha value is -1.57. The van der Waals surface area contributed by atoms with Crippen molar-refractivity contribution in [2.75, 3.05) is 6.54 Å². The van der Waals surface area contributed by atoms with Gasteiger partial charge < -0.3 is 5.73 Å². The fourth-order valence-electron chi connectivity index (χ4n) is 2.43. The van der Waals surface area contributed by atoms with E-state index in [1.807, 2.05) is 0 Å². The van der Waals surface area contributed by atoms with E-state index in [1.165, 1.54) is 27.8 Å². The number of hydrogen-bond donors (Lipinski definition) is 1. The lowest BCUT2D eigenvalue weighted by Crippen LogP contribution is -2.00. The van der Waals surface area contributed by atoms with Gasteiger partial charge in [0.15, 0.2) is 0 Å². The van der Waals surface area contributed by atoms with Crippen molar-refractivity contribution in [2.45, 2.75) is 26.7 Å². The molecule has 0 aliphatic carbocycles. The third kappa shape index (κ3) is 5.04. The average Bonchev–Trinajstić information content (AvgIpc) is 2.45. The maximum absolute atomic E-state index is 5.57. The highest BCUT2D eigenvalue weighted by molar-refractivity contribution is 5.85. The highest BCUT2D eigenvalue weighted by Gasteiger charge is 1.98. The first-order chi connectivity index (χ1) is 9.70. The van der Waals surface area contributed by atoms with Crippen LogP contribution < -0.4 is 5.73 Å². The first-order valence-corrected chi connectivity index (χ1v) is 7.24. The molecule has 0 radical (unpaired) electrons. The molecule has 112 valence electrons. The standard InChI is InChI=1S/C19H23N.ClH/c1-15-6-3-7-16(2)19(15)12-11-18-9-4-8-17(14-18)10-5-13-20;/h3-4,6-9,11-12,14H,5,10,13,20H2,1-2H3;1H. The number of rotatable bonds is 5. The monoisotopic (exact) mass is 301 g/mol. The first-order valence-electron chi connectivity index (χ1n) is 7.24. The maximum atomic E-state index is 5.57. The highest BCUT2D eigenvalue weighted by atomic mass is 35.5. The molecule has 0 saturated carbocycles. The Morgan fingerprint density at radius 2 is 1.62 bits per heavy atom. The van der Waals surface area contributed by atoms with Gasteiger partial charge >= 0.3 is 0 Å². The van der Waals surface area contributed by atoms with E-state index in [1.54, 1.807) is 0 Å². The van der Waals surface area contributed by atoms with Crippen molar-refractivity contribution in [1.29, 1.82) is 0 Å². The van der Waals surface area contributed by atoms with Crippen LogP contribution >= 0.6 is 12.4 Å². The zero-order chi connectivity index (χ0) is 14.4. The maximum Gasteiger partial charge on any atom is -0.00741 e. The van der Waals surface area contributed by atoms with E-state index in [2.05, 4.69) is 68.5 Å². The predicted molar refractivity (Wildman–Crippen MR) is 95.9 cm³/mol. The molecule has 0 saturated heterocycles. The number of aryl methyl sites for hydroxylation is 3. The van der Waals surface area contributed by atoms with Crippen molar-refractivity contribution in [3.05, 3.63) is 70.3 Å². The zero-order valence-corrected chi connectivity index (χ0v) is 13.6. The number of hydrogen-bond acceptors (Lipinski definition) is 1. The number of nitrogens with two attached hydrogens (primary N) is 1. The lowest BCUT2D eigenvalue weighted by atomic mass is 10.0. The first kappa shape index (κ1) is 17.5. The van der Waals surface area contributed by atoms with E-state index in [4.69, 9.17) is 5.73 Å². The molecule has 2 heteroatoms. The molecule has 0 fully saturated rings. The second-order valence-corrected chi connectivity index (χ2v) is 5.28. The zero-order valence-electron chi connectivity index (χ0n) is 12.8. The Balaban J connectivity index is 0.00000220. The Morgan fingerprint density at radius 1 is 0.952 bits per heavy atom. The Kier molecular flexibility index (Phi) is 7.21. The van der Waals surface area contributed by atoms with Gasteiger partial charge in [0.2, 0.25) is 0 Å². The van der Waals surface area contributed by atoms with Gasteiger partial charge in [-0.05, 0) is 61.1 Å². The summed E-state index contributed by atoms with van der Waals surface area (Å²) in [5.74, 6) is 0. The van der Waals surface area contributed by atoms with Gasteiger partial charge in [-0.25, -0.2) is 0 Å². The number of benzene rings is 2. The molecule has 0 aromatic heterocycles. The van der Waals surface area contributed by atoms with Gasteiger partial charge in [-0.15, -0.1) is 12.4 Å². The van der Waals surface area contributed by atoms with Crippen LogP contribution in [0, 0.1) is 13.8 Å². The molecule has 0 aliphatic heterocycles. The second kappa shape index (κ2) is 8.66. The smallest absolute Gasteiger partial charge is 0.00741 e. The van der Waals surface area contributed by atoms with Crippen LogP contribution in [0.5, 0.6) is 0 Å². The second-order valence-electron chi connectivity index (χ2n) is 5.28. The summed E-state index contributed by atoms with van der Waals surface area (Å²) in [6.07, 6.45) is 6.51. The van der Waals surface area contributed by atoms with Gasteiger partial charge in [-0.3, -0.25) is 0 Å². The van der Waals surface area contributed by atoms with Crippen molar-refractivity contribution in [3.8, 4) is 0 Å². The summed E-state index contributed by atoms with van der Waals surface area (Å²) in [6.45, 7) is 5.07. The average molecular weight is 302 g/mol. The van der Waals surface area contributed by atoms with Gasteiger partial charge in [0.1, 0.15) is 0 Å². The van der Waals surface area contributed by atoms with Gasteiger partial charge in [-0.1, -0.05) is 54.6 Å². The molecule has 1 nitrogen and oxygen atoms in total. The summed E-state index contributed by atoms with van der Waals surface area (Å²) in [5.41, 5.74) is 12.1. The van der Waals surface area contributed by atoms with Crippen molar-refractivity contribution in [2.24, 2.45) is 5.73 Å². The van der Waals surface area contributed by atoms with E-state index >= 15 is 0 Å². The lowest BCUT2D eigenvalue weighted by Gasteiger charge is -2.05. The van der Waals surface area contributed by atoms with E-state index in [-0.39, 0.29) is 12.4 Å². The third-order valence-corrected chi connectivity index (χ3v) is 3.61. The summed E-state index contributed by atoms with van der Waals surface area (Å²) in [7, 11) is 0. The highest BCUT2D eigenvalue weighted by Crippen LogP contribution is 2.17. The van der Waals surface area contributed by atoms with Crippen molar-refractivity contribution < 1.29 is 0 Å². The van der Waals surface area contributed by atoms with Crippen molar-refractivity contribution in [3.63, 3.8) is 0 Å². The molecular weight excluding hydrogens is 278 g/mol. The van der Waals surface area contributed by atoms with E-state index in [0.29, 0.717) is 0 Å². The molecule has 2 N–H and O–H groups in total. The number of halogens is 1. The molecule has 0 heterocycles. The molecule has 0 atom stereocenters. The van der Waals surface area contributed by atoms with Crippen LogP contribution in [0.3, 0.4) is 0 Å². The summed E-state index contributed by atoms with van der Waals surface area (Å²) in [5, 5.41) is 0. The molecule has 0 spiro atoms. The SMILES string of the molecule is Cc1cccc(C)c1C=Cc1cccc(CCCN)c1.Cl. The quantitative estimate of drug-likeness (QED) is 0.790. The molecule has 0 aliphatic rings. The molecule has 0 amide bonds. The van der Waals surface area contributed by atoms with Crippen LogP contribution in [-0.4, -0.2) is 6.54 Å². The van der Waals surface area contributed by atoms with Crippen molar-refractivity contribution >= 4 is 24.6 Å². The van der Waals surface area contributed by atoms with Crippen LogP contribution in [-0.2, 0) is 6.42 Å². The largest absolute Gasteiger partial charge is 0.330 e. The van der Waals surface area contributed by atoms with Crippen LogP contribution in [0.4, 0.5) is 0 Å². The fraction of sp³-hybridized carbons (Fsp3) is 0.263. The van der Waals surface area contributed by atoms with Gasteiger partial charge in [0, 0.05) is 0 Å². The minimum Gasteiger partial charge on any atom is -0.330 e. The van der Waals surface area contributed by atoms with Crippen LogP contribution in [0.15, 0.2) is 42.5 Å². The van der Waals surface area contributed by atoms with Crippen LogP contribution in [0.1, 0.15) is 34.2 Å². The molecule has 0 unspecified atom stereocenters. The van der Waals surface area contributed by atoms with E-state index in [9.17, 15) is 0 Å². The molecule has 0 bridgehead atoms. The minimum absolute atomic E-state index is 0. The summed E-state index contributed by atoms with van der Waals surface area (Å²) in [4.78, 5) is 0. The van der Waals surface area contributed by atoms with Crippen molar-refractivity contribution in [1.82, 2.24) is 0 Å². The molecule has 2 aromatic carbocycles.